The van der Waals surface area contributed by atoms with Crippen LogP contribution in [0.5, 0.6) is 0 Å². The maximum Gasteiger partial charge on any atom is 0.349 e. The van der Waals surface area contributed by atoms with E-state index in [9.17, 15) is 13.2 Å². The van der Waals surface area contributed by atoms with Crippen molar-refractivity contribution in [1.82, 2.24) is 14.8 Å². The summed E-state index contributed by atoms with van der Waals surface area (Å²) in [4.78, 5) is 15.1. The predicted molar refractivity (Wildman–Crippen MR) is 118 cm³/mol. The first-order chi connectivity index (χ1) is 14.8. The molecule has 2 heterocycles. The second-order valence-electron chi connectivity index (χ2n) is 6.66. The summed E-state index contributed by atoms with van der Waals surface area (Å²) in [7, 11) is -4.07. The largest absolute Gasteiger partial charge is 0.349 e. The molecule has 1 fully saturated rings. The van der Waals surface area contributed by atoms with Crippen molar-refractivity contribution >= 4 is 39.3 Å². The average Bonchev–Trinajstić information content (AvgIpc) is 3.38. The number of ether oxygens (including phenoxy) is 2. The number of hydrogen-bond donors (Lipinski definition) is 2. The van der Waals surface area contributed by atoms with E-state index in [4.69, 9.17) is 21.1 Å². The molecule has 9 nitrogen and oxygen atoms in total. The number of thioether (sulfide) groups is 1. The van der Waals surface area contributed by atoms with Crippen LogP contribution in [0.25, 0.3) is 5.69 Å². The summed E-state index contributed by atoms with van der Waals surface area (Å²) < 4.78 is 40.5. The van der Waals surface area contributed by atoms with Crippen molar-refractivity contribution in [3.05, 3.63) is 63.5 Å². The Balaban J connectivity index is 1.62. The van der Waals surface area contributed by atoms with Gasteiger partial charge in [0.15, 0.2) is 6.29 Å². The highest BCUT2D eigenvalue weighted by Gasteiger charge is 2.24. The van der Waals surface area contributed by atoms with Crippen molar-refractivity contribution in [3.63, 3.8) is 0 Å². The molecule has 2 aromatic carbocycles. The molecule has 1 saturated heterocycles. The molecule has 31 heavy (non-hydrogen) atoms. The molecule has 12 heteroatoms. The van der Waals surface area contributed by atoms with Crippen molar-refractivity contribution in [2.45, 2.75) is 23.0 Å². The molecule has 0 spiro atoms. The summed E-state index contributed by atoms with van der Waals surface area (Å²) in [5.74, 6) is 0.210. The van der Waals surface area contributed by atoms with Crippen molar-refractivity contribution in [2.24, 2.45) is 0 Å². The van der Waals surface area contributed by atoms with Gasteiger partial charge in [-0.15, -0.1) is 16.9 Å². The number of sulfonamides is 1. The van der Waals surface area contributed by atoms with Gasteiger partial charge in [0.05, 0.1) is 18.9 Å². The van der Waals surface area contributed by atoms with Crippen LogP contribution in [0.4, 0.5) is 5.95 Å². The van der Waals surface area contributed by atoms with E-state index in [1.807, 2.05) is 0 Å². The van der Waals surface area contributed by atoms with Crippen LogP contribution in [-0.4, -0.2) is 48.4 Å². The molecule has 2 N–H and O–H groups in total. The van der Waals surface area contributed by atoms with E-state index in [1.165, 1.54) is 17.8 Å². The Morgan fingerprint density at radius 1 is 1.26 bits per heavy atom. The Morgan fingerprint density at radius 3 is 2.68 bits per heavy atom. The van der Waals surface area contributed by atoms with E-state index in [-0.39, 0.29) is 10.8 Å². The number of nitrogens with zero attached hydrogens (tertiary/aromatic N) is 2. The fourth-order valence-corrected chi connectivity index (χ4v) is 5.67. The molecular formula is C19H19ClN4O5S2. The van der Waals surface area contributed by atoms with Gasteiger partial charge in [-0.25, -0.2) is 17.9 Å². The smallest absolute Gasteiger partial charge is 0.349 e. The van der Waals surface area contributed by atoms with Crippen LogP contribution >= 0.6 is 23.4 Å². The van der Waals surface area contributed by atoms with E-state index in [0.29, 0.717) is 40.1 Å². The van der Waals surface area contributed by atoms with Crippen LogP contribution in [0.2, 0.25) is 5.02 Å². The standard InChI is InChI=1S/C19H19ClN4O5S2/c1-12-9-16(15(10-14(12)20)30-11-17-28-7-8-29-17)31(26,27)23-18-21-19(25)24(22-18)13-5-3-2-4-6-13/h2-6,9-10,17H,7-8,11H2,1H3,(H2,21,22,23,25). The van der Waals surface area contributed by atoms with Gasteiger partial charge in [-0.3, -0.25) is 4.98 Å². The van der Waals surface area contributed by atoms with Crippen LogP contribution in [0.1, 0.15) is 5.56 Å². The second-order valence-corrected chi connectivity index (χ2v) is 9.78. The normalized spacial score (nSPS) is 14.8. The highest BCUT2D eigenvalue weighted by molar-refractivity contribution is 8.00. The van der Waals surface area contributed by atoms with Gasteiger partial charge in [0, 0.05) is 15.7 Å². The van der Waals surface area contributed by atoms with Gasteiger partial charge in [-0.05, 0) is 36.8 Å². The molecule has 0 amide bonds. The van der Waals surface area contributed by atoms with Gasteiger partial charge in [-0.1, -0.05) is 29.8 Å². The molecular weight excluding hydrogens is 464 g/mol. The third kappa shape index (κ3) is 4.96. The maximum atomic E-state index is 13.1. The number of benzene rings is 2. The highest BCUT2D eigenvalue weighted by Crippen LogP contribution is 2.33. The van der Waals surface area contributed by atoms with Gasteiger partial charge in [0.25, 0.3) is 10.0 Å². The lowest BCUT2D eigenvalue weighted by Gasteiger charge is -2.14. The van der Waals surface area contributed by atoms with E-state index in [0.717, 1.165) is 4.68 Å². The summed E-state index contributed by atoms with van der Waals surface area (Å²) in [5, 5.41) is 4.50. The third-order valence-electron chi connectivity index (χ3n) is 4.43. The van der Waals surface area contributed by atoms with Crippen LogP contribution in [0.15, 0.2) is 57.1 Å². The van der Waals surface area contributed by atoms with E-state index in [1.54, 1.807) is 43.3 Å². The lowest BCUT2D eigenvalue weighted by molar-refractivity contribution is -0.0214. The minimum Gasteiger partial charge on any atom is -0.349 e. The molecule has 0 bridgehead atoms. The predicted octanol–water partition coefficient (Wildman–Crippen LogP) is 2.79. The molecule has 4 rings (SSSR count). The first-order valence-electron chi connectivity index (χ1n) is 9.27. The lowest BCUT2D eigenvalue weighted by atomic mass is 10.2. The zero-order valence-electron chi connectivity index (χ0n) is 16.4. The summed E-state index contributed by atoms with van der Waals surface area (Å²) in [6.07, 6.45) is -0.411. The van der Waals surface area contributed by atoms with Crippen molar-refractivity contribution in [3.8, 4) is 5.69 Å². The zero-order valence-corrected chi connectivity index (χ0v) is 18.8. The number of aromatic amines is 1. The molecule has 0 saturated carbocycles. The zero-order chi connectivity index (χ0) is 22.0. The number of aryl methyl sites for hydroxylation is 1. The van der Waals surface area contributed by atoms with Gasteiger partial charge >= 0.3 is 5.69 Å². The molecule has 1 aromatic heterocycles. The minimum atomic E-state index is -4.07. The molecule has 0 unspecified atom stereocenters. The van der Waals surface area contributed by atoms with Crippen molar-refractivity contribution in [2.75, 3.05) is 23.7 Å². The van der Waals surface area contributed by atoms with Crippen LogP contribution in [0, 0.1) is 6.92 Å². The van der Waals surface area contributed by atoms with E-state index in [2.05, 4.69) is 14.8 Å². The number of halogens is 1. The highest BCUT2D eigenvalue weighted by atomic mass is 35.5. The molecule has 0 atom stereocenters. The maximum absolute atomic E-state index is 13.1. The Hall–Kier alpha value is -2.31. The van der Waals surface area contributed by atoms with Crippen molar-refractivity contribution in [1.29, 1.82) is 0 Å². The third-order valence-corrected chi connectivity index (χ3v) is 7.43. The summed E-state index contributed by atoms with van der Waals surface area (Å²) in [6, 6.07) is 11.7. The van der Waals surface area contributed by atoms with Gasteiger partial charge in [0.2, 0.25) is 5.95 Å². The van der Waals surface area contributed by atoms with Crippen LogP contribution in [0.3, 0.4) is 0 Å². The van der Waals surface area contributed by atoms with E-state index < -0.39 is 22.0 Å². The minimum absolute atomic E-state index is 0.0208. The van der Waals surface area contributed by atoms with Crippen LogP contribution < -0.4 is 10.4 Å². The number of rotatable bonds is 7. The van der Waals surface area contributed by atoms with Gasteiger partial charge < -0.3 is 9.47 Å². The summed E-state index contributed by atoms with van der Waals surface area (Å²) in [6.45, 7) is 2.72. The number of aromatic nitrogens is 3. The molecule has 1 aliphatic rings. The number of hydrogen-bond acceptors (Lipinski definition) is 7. The molecule has 0 aliphatic carbocycles. The Bertz CT molecular complexity index is 1240. The number of H-pyrrole nitrogens is 1. The average molecular weight is 483 g/mol. The lowest BCUT2D eigenvalue weighted by Crippen LogP contribution is -2.17. The Kier molecular flexibility index (Phi) is 6.39. The number of anilines is 1. The van der Waals surface area contributed by atoms with E-state index >= 15 is 0 Å². The monoisotopic (exact) mass is 482 g/mol. The first-order valence-corrected chi connectivity index (χ1v) is 12.1. The van der Waals surface area contributed by atoms with Gasteiger partial charge in [-0.2, -0.15) is 4.68 Å². The first kappa shape index (κ1) is 21.9. The molecule has 0 radical (unpaired) electrons. The van der Waals surface area contributed by atoms with Crippen molar-refractivity contribution < 1.29 is 17.9 Å². The topological polar surface area (TPSA) is 115 Å². The quantitative estimate of drug-likeness (QED) is 0.497. The number of nitrogens with one attached hydrogen (secondary N) is 2. The SMILES string of the molecule is Cc1cc(S(=O)(=O)Nc2nn(-c3ccccc3)c(=O)[nH]2)c(SCC2OCCO2)cc1Cl. The summed E-state index contributed by atoms with van der Waals surface area (Å²) >= 11 is 7.49. The Labute approximate surface area is 187 Å². The fourth-order valence-electron chi connectivity index (χ4n) is 2.92. The second kappa shape index (κ2) is 9.05. The Morgan fingerprint density at radius 2 is 1.97 bits per heavy atom. The number of para-hydroxylation sites is 1. The van der Waals surface area contributed by atoms with Crippen LogP contribution in [-0.2, 0) is 19.5 Å². The molecule has 1 aliphatic heterocycles. The molecule has 3 aromatic rings. The fraction of sp³-hybridized carbons (Fsp3) is 0.263. The summed E-state index contributed by atoms with van der Waals surface area (Å²) in [5.41, 5.74) is 0.536. The van der Waals surface area contributed by atoms with Gasteiger partial charge in [0.1, 0.15) is 4.90 Å². The molecule has 164 valence electrons.